The third-order valence-electron chi connectivity index (χ3n) is 3.48. The number of nitrogens with zero attached hydrogens (tertiary/aromatic N) is 3. The van der Waals surface area contributed by atoms with Crippen LogP contribution in [0.4, 0.5) is 5.82 Å². The topological polar surface area (TPSA) is 59.4 Å². The SMILES string of the molecule is CN(CCC[C@@H]1CCCO1)CC(=O)Nc1ccn(C)n1. The largest absolute Gasteiger partial charge is 0.378 e. The first-order chi connectivity index (χ1) is 9.63. The van der Waals surface area contributed by atoms with Crippen LogP contribution in [0.25, 0.3) is 0 Å². The first kappa shape index (κ1) is 15.0. The molecule has 0 aliphatic carbocycles. The van der Waals surface area contributed by atoms with Crippen LogP contribution in [-0.4, -0.2) is 53.4 Å². The quantitative estimate of drug-likeness (QED) is 0.816. The van der Waals surface area contributed by atoms with Crippen molar-refractivity contribution in [1.82, 2.24) is 14.7 Å². The van der Waals surface area contributed by atoms with Crippen molar-refractivity contribution in [3.8, 4) is 0 Å². The molecule has 0 bridgehead atoms. The van der Waals surface area contributed by atoms with Gasteiger partial charge in [-0.15, -0.1) is 0 Å². The molecule has 1 amide bonds. The van der Waals surface area contributed by atoms with Gasteiger partial charge in [0.1, 0.15) is 0 Å². The lowest BCUT2D eigenvalue weighted by Gasteiger charge is -2.17. The van der Waals surface area contributed by atoms with E-state index in [1.807, 2.05) is 19.0 Å². The molecule has 1 saturated heterocycles. The van der Waals surface area contributed by atoms with Crippen LogP contribution in [0.3, 0.4) is 0 Å². The van der Waals surface area contributed by atoms with Crippen molar-refractivity contribution >= 4 is 11.7 Å². The number of hydrogen-bond acceptors (Lipinski definition) is 4. The van der Waals surface area contributed by atoms with Crippen LogP contribution in [0.15, 0.2) is 12.3 Å². The summed E-state index contributed by atoms with van der Waals surface area (Å²) >= 11 is 0. The van der Waals surface area contributed by atoms with Crippen LogP contribution in [0.5, 0.6) is 0 Å². The van der Waals surface area contributed by atoms with E-state index in [9.17, 15) is 4.79 Å². The zero-order valence-corrected chi connectivity index (χ0v) is 12.3. The maximum absolute atomic E-state index is 11.8. The summed E-state index contributed by atoms with van der Waals surface area (Å²) < 4.78 is 7.26. The number of anilines is 1. The minimum Gasteiger partial charge on any atom is -0.378 e. The maximum Gasteiger partial charge on any atom is 0.239 e. The first-order valence-electron chi connectivity index (χ1n) is 7.23. The van der Waals surface area contributed by atoms with Crippen molar-refractivity contribution < 1.29 is 9.53 Å². The average molecular weight is 280 g/mol. The average Bonchev–Trinajstić information content (AvgIpc) is 3.01. The molecule has 1 aromatic rings. The van der Waals surface area contributed by atoms with Gasteiger partial charge in [0.05, 0.1) is 12.6 Å². The van der Waals surface area contributed by atoms with E-state index in [1.54, 1.807) is 16.9 Å². The maximum atomic E-state index is 11.8. The lowest BCUT2D eigenvalue weighted by atomic mass is 10.1. The predicted octanol–water partition coefficient (Wildman–Crippen LogP) is 1.25. The summed E-state index contributed by atoms with van der Waals surface area (Å²) in [5, 5.41) is 6.91. The van der Waals surface area contributed by atoms with Crippen molar-refractivity contribution in [2.24, 2.45) is 7.05 Å². The Morgan fingerprint density at radius 2 is 2.50 bits per heavy atom. The molecule has 0 unspecified atom stereocenters. The molecule has 1 fully saturated rings. The molecule has 20 heavy (non-hydrogen) atoms. The fraction of sp³-hybridized carbons (Fsp3) is 0.714. The molecule has 112 valence electrons. The Labute approximate surface area is 120 Å². The molecule has 1 N–H and O–H groups in total. The van der Waals surface area contributed by atoms with Crippen LogP contribution in [0.2, 0.25) is 0 Å². The molecule has 0 saturated carbocycles. The van der Waals surface area contributed by atoms with Gasteiger partial charge in [0.25, 0.3) is 0 Å². The Hall–Kier alpha value is -1.40. The Balaban J connectivity index is 1.60. The second-order valence-corrected chi connectivity index (χ2v) is 5.44. The first-order valence-corrected chi connectivity index (χ1v) is 7.23. The van der Waals surface area contributed by atoms with E-state index < -0.39 is 0 Å². The minimum absolute atomic E-state index is 0.0247. The third-order valence-corrected chi connectivity index (χ3v) is 3.48. The van der Waals surface area contributed by atoms with Gasteiger partial charge in [-0.1, -0.05) is 0 Å². The summed E-state index contributed by atoms with van der Waals surface area (Å²) in [5.41, 5.74) is 0. The van der Waals surface area contributed by atoms with Gasteiger partial charge in [0.15, 0.2) is 5.82 Å². The highest BCUT2D eigenvalue weighted by molar-refractivity contribution is 5.91. The highest BCUT2D eigenvalue weighted by Crippen LogP contribution is 2.16. The van der Waals surface area contributed by atoms with E-state index in [1.165, 1.54) is 12.8 Å². The van der Waals surface area contributed by atoms with Gasteiger partial charge in [-0.2, -0.15) is 5.10 Å². The number of nitrogens with one attached hydrogen (secondary N) is 1. The Morgan fingerprint density at radius 3 is 3.15 bits per heavy atom. The van der Waals surface area contributed by atoms with Gasteiger partial charge in [0.2, 0.25) is 5.91 Å². The van der Waals surface area contributed by atoms with Crippen molar-refractivity contribution in [2.45, 2.75) is 31.8 Å². The Morgan fingerprint density at radius 1 is 1.65 bits per heavy atom. The lowest BCUT2D eigenvalue weighted by molar-refractivity contribution is -0.117. The summed E-state index contributed by atoms with van der Waals surface area (Å²) in [6.45, 7) is 2.21. The number of carbonyl (C=O) groups excluding carboxylic acids is 1. The second-order valence-electron chi connectivity index (χ2n) is 5.44. The van der Waals surface area contributed by atoms with Gasteiger partial charge < -0.3 is 10.1 Å². The zero-order valence-electron chi connectivity index (χ0n) is 12.3. The molecule has 1 aliphatic heterocycles. The number of amides is 1. The van der Waals surface area contributed by atoms with Crippen LogP contribution >= 0.6 is 0 Å². The van der Waals surface area contributed by atoms with Crippen molar-refractivity contribution in [3.63, 3.8) is 0 Å². The molecule has 0 radical (unpaired) electrons. The smallest absolute Gasteiger partial charge is 0.239 e. The van der Waals surface area contributed by atoms with E-state index in [2.05, 4.69) is 10.4 Å². The second kappa shape index (κ2) is 7.40. The summed E-state index contributed by atoms with van der Waals surface area (Å²) in [6.07, 6.45) is 6.77. The molecule has 2 rings (SSSR count). The highest BCUT2D eigenvalue weighted by Gasteiger charge is 2.15. The van der Waals surface area contributed by atoms with Crippen LogP contribution < -0.4 is 5.32 Å². The lowest BCUT2D eigenvalue weighted by Crippen LogP contribution is -2.31. The molecule has 1 aliphatic rings. The molecule has 0 aromatic carbocycles. The van der Waals surface area contributed by atoms with Gasteiger partial charge in [-0.3, -0.25) is 14.4 Å². The number of hydrogen-bond donors (Lipinski definition) is 1. The van der Waals surface area contributed by atoms with Gasteiger partial charge in [0, 0.05) is 25.9 Å². The monoisotopic (exact) mass is 280 g/mol. The number of likely N-dealkylation sites (N-methyl/N-ethyl adjacent to an activating group) is 1. The number of carbonyl (C=O) groups is 1. The summed E-state index contributed by atoms with van der Waals surface area (Å²) in [6, 6.07) is 1.79. The van der Waals surface area contributed by atoms with E-state index >= 15 is 0 Å². The molecular weight excluding hydrogens is 256 g/mol. The highest BCUT2D eigenvalue weighted by atomic mass is 16.5. The zero-order chi connectivity index (χ0) is 14.4. The van der Waals surface area contributed by atoms with E-state index in [-0.39, 0.29) is 5.91 Å². The number of aromatic nitrogens is 2. The fourth-order valence-corrected chi connectivity index (χ4v) is 2.45. The molecule has 0 spiro atoms. The summed E-state index contributed by atoms with van der Waals surface area (Å²) in [5.74, 6) is 0.577. The van der Waals surface area contributed by atoms with E-state index in [0.717, 1.165) is 26.0 Å². The van der Waals surface area contributed by atoms with Gasteiger partial charge in [-0.05, 0) is 39.3 Å². The summed E-state index contributed by atoms with van der Waals surface area (Å²) in [4.78, 5) is 13.9. The van der Waals surface area contributed by atoms with E-state index in [4.69, 9.17) is 4.74 Å². The van der Waals surface area contributed by atoms with E-state index in [0.29, 0.717) is 18.5 Å². The normalized spacial score (nSPS) is 18.6. The number of rotatable bonds is 7. The standard InChI is InChI=1S/C14H24N4O2/c1-17(8-3-5-12-6-4-10-20-12)11-14(19)15-13-7-9-18(2)16-13/h7,9,12H,3-6,8,10-11H2,1-2H3,(H,15,16,19)/t12-/m1/s1. The van der Waals surface area contributed by atoms with Gasteiger partial charge >= 0.3 is 0 Å². The Bertz CT molecular complexity index is 427. The molecule has 1 aromatic heterocycles. The molecule has 1 atom stereocenters. The van der Waals surface area contributed by atoms with Crippen molar-refractivity contribution in [3.05, 3.63) is 12.3 Å². The summed E-state index contributed by atoms with van der Waals surface area (Å²) in [7, 11) is 3.79. The molecular formula is C14H24N4O2. The molecule has 6 nitrogen and oxygen atoms in total. The number of aryl methyl sites for hydroxylation is 1. The van der Waals surface area contributed by atoms with Gasteiger partial charge in [-0.25, -0.2) is 0 Å². The predicted molar refractivity (Wildman–Crippen MR) is 77.5 cm³/mol. The fourth-order valence-electron chi connectivity index (χ4n) is 2.45. The molecule has 6 heteroatoms. The third kappa shape index (κ3) is 4.94. The van der Waals surface area contributed by atoms with Crippen LogP contribution in [0, 0.1) is 0 Å². The molecule has 2 heterocycles. The number of ether oxygens (including phenoxy) is 1. The van der Waals surface area contributed by atoms with Crippen molar-refractivity contribution in [1.29, 1.82) is 0 Å². The van der Waals surface area contributed by atoms with Crippen LogP contribution in [-0.2, 0) is 16.6 Å². The van der Waals surface area contributed by atoms with Crippen molar-refractivity contribution in [2.75, 3.05) is 32.1 Å². The Kier molecular flexibility index (Phi) is 5.55. The minimum atomic E-state index is -0.0247. The van der Waals surface area contributed by atoms with Crippen LogP contribution in [0.1, 0.15) is 25.7 Å².